The van der Waals surface area contributed by atoms with Crippen molar-refractivity contribution < 1.29 is 9.67 Å². The third kappa shape index (κ3) is 4.04. The molecule has 0 aliphatic rings. The van der Waals surface area contributed by atoms with E-state index >= 15 is 0 Å². The van der Waals surface area contributed by atoms with Gasteiger partial charge in [0.05, 0.1) is 7.05 Å². The fourth-order valence-electron chi connectivity index (χ4n) is 1.83. The number of aliphatic hydroxyl groups is 1. The van der Waals surface area contributed by atoms with E-state index in [0.717, 1.165) is 18.7 Å². The number of unbranched alkanes of at least 4 members (excludes halogenated alkanes) is 4. The molecule has 15 heavy (non-hydrogen) atoms. The highest BCUT2D eigenvalue weighted by molar-refractivity contribution is 4.82. The SMILES string of the molecule is CCCCCCCC(O)c1[nH]cc[n+]1C. The minimum atomic E-state index is -0.341. The van der Waals surface area contributed by atoms with Crippen LogP contribution in [0.3, 0.4) is 0 Å². The first kappa shape index (κ1) is 12.2. The van der Waals surface area contributed by atoms with Crippen molar-refractivity contribution in [1.29, 1.82) is 0 Å². The van der Waals surface area contributed by atoms with Crippen LogP contribution in [0.2, 0.25) is 0 Å². The lowest BCUT2D eigenvalue weighted by Gasteiger charge is -2.05. The molecule has 0 saturated heterocycles. The van der Waals surface area contributed by atoms with Crippen LogP contribution in [-0.4, -0.2) is 10.1 Å². The zero-order chi connectivity index (χ0) is 11.1. The number of imidazole rings is 1. The number of hydrogen-bond acceptors (Lipinski definition) is 1. The first-order valence-corrected chi connectivity index (χ1v) is 5.96. The van der Waals surface area contributed by atoms with Crippen molar-refractivity contribution in [2.75, 3.05) is 0 Å². The summed E-state index contributed by atoms with van der Waals surface area (Å²) in [4.78, 5) is 3.07. The summed E-state index contributed by atoms with van der Waals surface area (Å²) in [6.45, 7) is 2.22. The van der Waals surface area contributed by atoms with Gasteiger partial charge in [0.2, 0.25) is 0 Å². The molecule has 1 rings (SSSR count). The van der Waals surface area contributed by atoms with Gasteiger partial charge in [0, 0.05) is 0 Å². The molecule has 0 fully saturated rings. The van der Waals surface area contributed by atoms with Crippen LogP contribution < -0.4 is 4.57 Å². The average Bonchev–Trinajstić information content (AvgIpc) is 2.64. The van der Waals surface area contributed by atoms with Crippen molar-refractivity contribution in [3.8, 4) is 0 Å². The summed E-state index contributed by atoms with van der Waals surface area (Å²) in [5.74, 6) is 0.908. The highest BCUT2D eigenvalue weighted by Gasteiger charge is 2.17. The molecule has 0 aromatic carbocycles. The summed E-state index contributed by atoms with van der Waals surface area (Å²) < 4.78 is 1.94. The van der Waals surface area contributed by atoms with Crippen molar-refractivity contribution >= 4 is 0 Å². The van der Waals surface area contributed by atoms with Crippen LogP contribution in [0.5, 0.6) is 0 Å². The second-order valence-electron chi connectivity index (χ2n) is 4.17. The van der Waals surface area contributed by atoms with E-state index in [0.29, 0.717) is 0 Å². The molecule has 1 atom stereocenters. The topological polar surface area (TPSA) is 39.9 Å². The van der Waals surface area contributed by atoms with E-state index in [9.17, 15) is 5.11 Å². The Kier molecular flexibility index (Phi) is 5.40. The number of nitrogens with one attached hydrogen (secondary N) is 1. The molecule has 1 unspecified atom stereocenters. The first-order chi connectivity index (χ1) is 7.25. The largest absolute Gasteiger partial charge is 0.380 e. The standard InChI is InChI=1S/C12H22N2O/c1-3-4-5-6-7-8-11(15)12-13-9-10-14(12)2/h9-11,15H,3-8H2,1-2H3/p+1. The highest BCUT2D eigenvalue weighted by atomic mass is 16.3. The van der Waals surface area contributed by atoms with Crippen molar-refractivity contribution in [3.63, 3.8) is 0 Å². The highest BCUT2D eigenvalue weighted by Crippen LogP contribution is 2.15. The molecule has 3 nitrogen and oxygen atoms in total. The lowest BCUT2D eigenvalue weighted by atomic mass is 10.1. The lowest BCUT2D eigenvalue weighted by Crippen LogP contribution is -2.32. The number of aromatic amines is 1. The number of hydrogen-bond donors (Lipinski definition) is 2. The third-order valence-electron chi connectivity index (χ3n) is 2.81. The van der Waals surface area contributed by atoms with Gasteiger partial charge in [0.1, 0.15) is 12.4 Å². The van der Waals surface area contributed by atoms with E-state index in [1.54, 1.807) is 0 Å². The summed E-state index contributed by atoms with van der Waals surface area (Å²) >= 11 is 0. The van der Waals surface area contributed by atoms with Gasteiger partial charge < -0.3 is 5.11 Å². The van der Waals surface area contributed by atoms with Gasteiger partial charge in [-0.05, 0) is 6.42 Å². The van der Waals surface area contributed by atoms with Crippen molar-refractivity contribution in [3.05, 3.63) is 18.2 Å². The summed E-state index contributed by atoms with van der Waals surface area (Å²) in [6, 6.07) is 0. The van der Waals surface area contributed by atoms with Crippen molar-refractivity contribution in [2.24, 2.45) is 7.05 Å². The smallest absolute Gasteiger partial charge is 0.283 e. The predicted octanol–water partition coefficient (Wildman–Crippen LogP) is 2.23. The zero-order valence-corrected chi connectivity index (χ0v) is 9.87. The molecule has 1 aromatic rings. The summed E-state index contributed by atoms with van der Waals surface area (Å²) in [5.41, 5.74) is 0. The van der Waals surface area contributed by atoms with Crippen LogP contribution in [-0.2, 0) is 7.05 Å². The van der Waals surface area contributed by atoms with Gasteiger partial charge in [0.25, 0.3) is 5.82 Å². The lowest BCUT2D eigenvalue weighted by molar-refractivity contribution is -0.681. The fourth-order valence-corrected chi connectivity index (χ4v) is 1.83. The van der Waals surface area contributed by atoms with Crippen LogP contribution in [0.4, 0.5) is 0 Å². The molecule has 0 aliphatic carbocycles. The summed E-state index contributed by atoms with van der Waals surface area (Å²) in [6.07, 6.45) is 10.5. The maximum Gasteiger partial charge on any atom is 0.283 e. The van der Waals surface area contributed by atoms with E-state index < -0.39 is 0 Å². The van der Waals surface area contributed by atoms with Gasteiger partial charge >= 0.3 is 0 Å². The molecule has 0 aliphatic heterocycles. The maximum absolute atomic E-state index is 9.89. The molecule has 0 saturated carbocycles. The quantitative estimate of drug-likeness (QED) is 0.527. The first-order valence-electron chi connectivity index (χ1n) is 5.96. The van der Waals surface area contributed by atoms with Gasteiger partial charge in [0.15, 0.2) is 6.10 Å². The molecule has 3 heteroatoms. The Labute approximate surface area is 92.1 Å². The Bertz CT molecular complexity index is 270. The zero-order valence-electron chi connectivity index (χ0n) is 9.87. The Morgan fingerprint density at radius 2 is 2.07 bits per heavy atom. The fraction of sp³-hybridized carbons (Fsp3) is 0.750. The molecule has 0 amide bonds. The molecule has 0 spiro atoms. The van der Waals surface area contributed by atoms with Gasteiger partial charge in [-0.2, -0.15) is 0 Å². The molecule has 1 aromatic heterocycles. The third-order valence-corrected chi connectivity index (χ3v) is 2.81. The second-order valence-corrected chi connectivity index (χ2v) is 4.17. The normalized spacial score (nSPS) is 13.0. The number of aryl methyl sites for hydroxylation is 1. The van der Waals surface area contributed by atoms with E-state index in [2.05, 4.69) is 11.9 Å². The summed E-state index contributed by atoms with van der Waals surface area (Å²) in [5, 5.41) is 9.89. The molecule has 1 heterocycles. The second kappa shape index (κ2) is 6.62. The van der Waals surface area contributed by atoms with Crippen LogP contribution in [0.1, 0.15) is 57.4 Å². The number of rotatable bonds is 7. The average molecular weight is 211 g/mol. The Morgan fingerprint density at radius 1 is 1.33 bits per heavy atom. The van der Waals surface area contributed by atoms with Gasteiger partial charge in [-0.25, -0.2) is 9.55 Å². The van der Waals surface area contributed by atoms with E-state index in [1.807, 2.05) is 24.0 Å². The molecule has 2 N–H and O–H groups in total. The van der Waals surface area contributed by atoms with Crippen molar-refractivity contribution in [2.45, 2.75) is 51.6 Å². The van der Waals surface area contributed by atoms with Crippen LogP contribution >= 0.6 is 0 Å². The van der Waals surface area contributed by atoms with Crippen LogP contribution in [0, 0.1) is 0 Å². The molecule has 0 radical (unpaired) electrons. The minimum absolute atomic E-state index is 0.341. The van der Waals surface area contributed by atoms with Crippen LogP contribution in [0.15, 0.2) is 12.4 Å². The molecule has 0 bridgehead atoms. The molecular formula is C12H23N2O+. The Balaban J connectivity index is 2.19. The molecular weight excluding hydrogens is 188 g/mol. The van der Waals surface area contributed by atoms with Gasteiger partial charge in [-0.15, -0.1) is 0 Å². The molecule has 86 valence electrons. The predicted molar refractivity (Wildman–Crippen MR) is 60.3 cm³/mol. The number of aromatic nitrogens is 2. The van der Waals surface area contributed by atoms with Crippen LogP contribution in [0.25, 0.3) is 0 Å². The Hall–Kier alpha value is -0.830. The van der Waals surface area contributed by atoms with E-state index in [4.69, 9.17) is 0 Å². The minimum Gasteiger partial charge on any atom is -0.380 e. The number of nitrogens with zero attached hydrogens (tertiary/aromatic N) is 1. The number of H-pyrrole nitrogens is 1. The van der Waals surface area contributed by atoms with Crippen molar-refractivity contribution in [1.82, 2.24) is 4.98 Å². The maximum atomic E-state index is 9.89. The van der Waals surface area contributed by atoms with E-state index in [1.165, 1.54) is 25.7 Å². The van der Waals surface area contributed by atoms with E-state index in [-0.39, 0.29) is 6.10 Å². The summed E-state index contributed by atoms with van der Waals surface area (Å²) in [7, 11) is 1.95. The monoisotopic (exact) mass is 211 g/mol. The Morgan fingerprint density at radius 3 is 2.67 bits per heavy atom. The van der Waals surface area contributed by atoms with Gasteiger partial charge in [-0.3, -0.25) is 0 Å². The van der Waals surface area contributed by atoms with Gasteiger partial charge in [-0.1, -0.05) is 39.0 Å². The number of aliphatic hydroxyl groups excluding tert-OH is 1.